The van der Waals surface area contributed by atoms with E-state index in [4.69, 9.17) is 27.9 Å². The smallest absolute Gasteiger partial charge is 0.283 e. The second-order valence-electron chi connectivity index (χ2n) is 7.93. The van der Waals surface area contributed by atoms with Crippen LogP contribution in [0.3, 0.4) is 0 Å². The minimum Gasteiger partial charge on any atom is -0.495 e. The zero-order valence-corrected chi connectivity index (χ0v) is 20.6. The second kappa shape index (κ2) is 9.82. The van der Waals surface area contributed by atoms with E-state index in [-0.39, 0.29) is 22.3 Å². The Bertz CT molecular complexity index is 1380. The first-order chi connectivity index (χ1) is 16.7. The fourth-order valence-electron chi connectivity index (χ4n) is 3.67. The highest BCUT2D eigenvalue weighted by molar-refractivity contribution is 6.53. The van der Waals surface area contributed by atoms with Gasteiger partial charge >= 0.3 is 0 Å². The molecule has 0 fully saturated rings. The molecule has 0 unspecified atom stereocenters. The van der Waals surface area contributed by atoms with Crippen molar-refractivity contribution in [1.29, 1.82) is 0 Å². The number of hydrogen-bond donors (Lipinski definition) is 2. The van der Waals surface area contributed by atoms with Gasteiger partial charge in [0.2, 0.25) is 0 Å². The molecule has 0 bridgehead atoms. The van der Waals surface area contributed by atoms with Crippen LogP contribution in [0, 0.1) is 13.8 Å². The molecule has 3 amide bonds. The SMILES string of the molecule is COc1ccc(Cl)cc1N1C(=O)C(Cl)=C(Nc2ccc(C(=O)Nc3ccc(C)cc3C)cc2)C1=O. The highest BCUT2D eigenvalue weighted by Gasteiger charge is 2.40. The first-order valence-electron chi connectivity index (χ1n) is 10.6. The lowest BCUT2D eigenvalue weighted by Gasteiger charge is -2.18. The molecule has 0 radical (unpaired) electrons. The third-order valence-electron chi connectivity index (χ3n) is 5.46. The van der Waals surface area contributed by atoms with Crippen LogP contribution in [0.2, 0.25) is 5.02 Å². The largest absolute Gasteiger partial charge is 0.495 e. The van der Waals surface area contributed by atoms with E-state index in [9.17, 15) is 14.4 Å². The lowest BCUT2D eigenvalue weighted by Crippen LogP contribution is -2.32. The van der Waals surface area contributed by atoms with Gasteiger partial charge in [-0.15, -0.1) is 0 Å². The molecule has 1 heterocycles. The van der Waals surface area contributed by atoms with Gasteiger partial charge in [-0.1, -0.05) is 40.9 Å². The monoisotopic (exact) mass is 509 g/mol. The Hall–Kier alpha value is -3.81. The maximum Gasteiger partial charge on any atom is 0.283 e. The molecule has 0 saturated carbocycles. The number of hydrogen-bond acceptors (Lipinski definition) is 5. The van der Waals surface area contributed by atoms with E-state index in [0.29, 0.717) is 22.0 Å². The summed E-state index contributed by atoms with van der Waals surface area (Å²) in [5.74, 6) is -1.34. The summed E-state index contributed by atoms with van der Waals surface area (Å²) in [6, 6.07) is 16.8. The van der Waals surface area contributed by atoms with Gasteiger partial charge in [-0.2, -0.15) is 0 Å². The van der Waals surface area contributed by atoms with Crippen molar-refractivity contribution >= 4 is 58.0 Å². The number of imide groups is 1. The van der Waals surface area contributed by atoms with E-state index >= 15 is 0 Å². The van der Waals surface area contributed by atoms with E-state index in [1.807, 2.05) is 32.0 Å². The average molecular weight is 510 g/mol. The molecule has 35 heavy (non-hydrogen) atoms. The third kappa shape index (κ3) is 4.87. The van der Waals surface area contributed by atoms with E-state index in [1.165, 1.54) is 13.2 Å². The molecule has 0 atom stereocenters. The number of carbonyl (C=O) groups is 3. The van der Waals surface area contributed by atoms with Crippen LogP contribution in [0.25, 0.3) is 0 Å². The van der Waals surface area contributed by atoms with Crippen LogP contribution in [0.5, 0.6) is 5.75 Å². The quantitative estimate of drug-likeness (QED) is 0.419. The molecule has 9 heteroatoms. The van der Waals surface area contributed by atoms with Gasteiger partial charge in [0.25, 0.3) is 17.7 Å². The summed E-state index contributed by atoms with van der Waals surface area (Å²) in [7, 11) is 1.42. The number of benzene rings is 3. The van der Waals surface area contributed by atoms with E-state index in [0.717, 1.165) is 21.7 Å². The normalized spacial score (nSPS) is 13.3. The Morgan fingerprint density at radius 1 is 0.914 bits per heavy atom. The third-order valence-corrected chi connectivity index (χ3v) is 6.04. The van der Waals surface area contributed by atoms with Crippen LogP contribution >= 0.6 is 23.2 Å². The lowest BCUT2D eigenvalue weighted by molar-refractivity contribution is -0.120. The van der Waals surface area contributed by atoms with Crippen molar-refractivity contribution in [2.75, 3.05) is 22.6 Å². The van der Waals surface area contributed by atoms with Gasteiger partial charge in [-0.25, -0.2) is 4.90 Å². The van der Waals surface area contributed by atoms with Gasteiger partial charge < -0.3 is 15.4 Å². The molecule has 7 nitrogen and oxygen atoms in total. The highest BCUT2D eigenvalue weighted by Crippen LogP contribution is 2.37. The average Bonchev–Trinajstić information content (AvgIpc) is 3.04. The van der Waals surface area contributed by atoms with Crippen LogP contribution < -0.4 is 20.3 Å². The second-order valence-corrected chi connectivity index (χ2v) is 8.74. The van der Waals surface area contributed by atoms with Gasteiger partial charge in [-0.05, 0) is 67.9 Å². The summed E-state index contributed by atoms with van der Waals surface area (Å²) in [6.07, 6.45) is 0. The van der Waals surface area contributed by atoms with Crippen LogP contribution in [-0.2, 0) is 9.59 Å². The van der Waals surface area contributed by atoms with Gasteiger partial charge in [0.1, 0.15) is 16.5 Å². The van der Waals surface area contributed by atoms with Crippen LogP contribution in [0.4, 0.5) is 17.1 Å². The molecule has 4 rings (SSSR count). The molecule has 1 aliphatic rings. The Morgan fingerprint density at radius 3 is 2.29 bits per heavy atom. The number of methoxy groups -OCH3 is 1. The number of amides is 3. The molecule has 178 valence electrons. The van der Waals surface area contributed by atoms with E-state index < -0.39 is 11.8 Å². The molecule has 3 aromatic rings. The van der Waals surface area contributed by atoms with Gasteiger partial charge in [-0.3, -0.25) is 14.4 Å². The molecule has 0 aliphatic carbocycles. The summed E-state index contributed by atoms with van der Waals surface area (Å²) < 4.78 is 5.26. The minimum atomic E-state index is -0.704. The van der Waals surface area contributed by atoms with Crippen LogP contribution in [-0.4, -0.2) is 24.8 Å². The first kappa shape index (κ1) is 24.3. The Kier molecular flexibility index (Phi) is 6.82. The van der Waals surface area contributed by atoms with Crippen molar-refractivity contribution in [3.8, 4) is 5.75 Å². The van der Waals surface area contributed by atoms with E-state index in [2.05, 4.69) is 10.6 Å². The van der Waals surface area contributed by atoms with Gasteiger partial charge in [0, 0.05) is 22.0 Å². The number of halogens is 2. The van der Waals surface area contributed by atoms with E-state index in [1.54, 1.807) is 36.4 Å². The molecule has 0 spiro atoms. The fraction of sp³-hybridized carbons (Fsp3) is 0.115. The summed E-state index contributed by atoms with van der Waals surface area (Å²) in [5, 5.41) is 5.83. The maximum absolute atomic E-state index is 13.1. The van der Waals surface area contributed by atoms with Crippen LogP contribution in [0.1, 0.15) is 21.5 Å². The summed E-state index contributed by atoms with van der Waals surface area (Å²) in [5.41, 5.74) is 3.79. The zero-order valence-electron chi connectivity index (χ0n) is 19.1. The standard InChI is InChI=1S/C26H21Cl2N3O4/c1-14-4-10-19(15(2)12-14)30-24(32)16-5-8-18(9-6-16)29-23-22(28)25(33)31(26(23)34)20-13-17(27)7-11-21(20)35-3/h4-13,29H,1-3H3,(H,30,32). The van der Waals surface area contributed by atoms with Crippen molar-refractivity contribution in [3.63, 3.8) is 0 Å². The molecule has 0 aromatic heterocycles. The predicted octanol–water partition coefficient (Wildman–Crippen LogP) is 5.65. The molecular weight excluding hydrogens is 489 g/mol. The van der Waals surface area contributed by atoms with Crippen molar-refractivity contribution in [3.05, 3.63) is 93.1 Å². The number of rotatable bonds is 6. The number of ether oxygens (including phenoxy) is 1. The fourth-order valence-corrected chi connectivity index (χ4v) is 4.04. The number of nitrogens with one attached hydrogen (secondary N) is 2. The first-order valence-corrected chi connectivity index (χ1v) is 11.3. The molecular formula is C26H21Cl2N3O4. The molecule has 3 aromatic carbocycles. The van der Waals surface area contributed by atoms with Crippen molar-refractivity contribution < 1.29 is 19.1 Å². The van der Waals surface area contributed by atoms with Crippen molar-refractivity contribution in [2.24, 2.45) is 0 Å². The van der Waals surface area contributed by atoms with Crippen molar-refractivity contribution in [2.45, 2.75) is 13.8 Å². The number of anilines is 3. The molecule has 1 aliphatic heterocycles. The van der Waals surface area contributed by atoms with Gasteiger partial charge in [0.05, 0.1) is 12.8 Å². The maximum atomic E-state index is 13.1. The molecule has 0 saturated heterocycles. The number of nitrogens with zero attached hydrogens (tertiary/aromatic N) is 1. The Balaban J connectivity index is 1.51. The predicted molar refractivity (Wildman–Crippen MR) is 137 cm³/mol. The van der Waals surface area contributed by atoms with Crippen molar-refractivity contribution in [1.82, 2.24) is 0 Å². The van der Waals surface area contributed by atoms with Crippen LogP contribution in [0.15, 0.2) is 71.4 Å². The topological polar surface area (TPSA) is 87.7 Å². The summed E-state index contributed by atoms with van der Waals surface area (Å²) in [6.45, 7) is 3.91. The molecule has 2 N–H and O–H groups in total. The number of carbonyl (C=O) groups excluding carboxylic acids is 3. The number of aryl methyl sites for hydroxylation is 2. The Labute approximate surface area is 212 Å². The minimum absolute atomic E-state index is 0.0915. The van der Waals surface area contributed by atoms with Gasteiger partial charge in [0.15, 0.2) is 0 Å². The Morgan fingerprint density at radius 2 is 1.63 bits per heavy atom. The zero-order chi connectivity index (χ0) is 25.3. The highest BCUT2D eigenvalue weighted by atomic mass is 35.5. The summed E-state index contributed by atoms with van der Waals surface area (Å²) in [4.78, 5) is 39.4. The lowest BCUT2D eigenvalue weighted by atomic mass is 10.1. The summed E-state index contributed by atoms with van der Waals surface area (Å²) >= 11 is 12.3.